The number of furan rings is 1. The van der Waals surface area contributed by atoms with Gasteiger partial charge in [-0.15, -0.1) is 54.1 Å². The summed E-state index contributed by atoms with van der Waals surface area (Å²) < 4.78 is 6.28. The molecule has 0 N–H and O–H groups in total. The van der Waals surface area contributed by atoms with Gasteiger partial charge >= 0.3 is 0 Å². The first-order valence-corrected chi connectivity index (χ1v) is 21.9. The second-order valence-corrected chi connectivity index (χ2v) is 21.1. The molecule has 0 saturated heterocycles. The summed E-state index contributed by atoms with van der Waals surface area (Å²) in [7, 11) is -1.35. The van der Waals surface area contributed by atoms with Crippen LogP contribution >= 0.6 is 0 Å². The summed E-state index contributed by atoms with van der Waals surface area (Å²) in [5.41, 5.74) is 10.9. The van der Waals surface area contributed by atoms with Crippen molar-refractivity contribution in [2.75, 3.05) is 0 Å². The molecule has 0 unspecified atom stereocenters. The molecular formula is C47H48IrN2OSi-2. The molecule has 0 amide bonds. The minimum Gasteiger partial charge on any atom is -0.501 e. The average Bonchev–Trinajstić information content (AvgIpc) is 3.79. The van der Waals surface area contributed by atoms with Gasteiger partial charge in [0.15, 0.2) is 0 Å². The number of fused-ring (bicyclic) bond motifs is 3. The van der Waals surface area contributed by atoms with Crippen LogP contribution in [0.5, 0.6) is 0 Å². The third kappa shape index (κ3) is 8.39. The van der Waals surface area contributed by atoms with Crippen LogP contribution in [-0.2, 0) is 31.9 Å². The largest absolute Gasteiger partial charge is 0.501 e. The predicted molar refractivity (Wildman–Crippen MR) is 217 cm³/mol. The Morgan fingerprint density at radius 3 is 2.23 bits per heavy atom. The molecule has 267 valence electrons. The first kappa shape index (κ1) is 37.6. The van der Waals surface area contributed by atoms with Crippen molar-refractivity contribution in [3.63, 3.8) is 0 Å². The number of pyridine rings is 2. The second kappa shape index (κ2) is 15.8. The van der Waals surface area contributed by atoms with E-state index < -0.39 is 8.07 Å². The van der Waals surface area contributed by atoms with Gasteiger partial charge in [0, 0.05) is 37.9 Å². The monoisotopic (exact) mass is 877 g/mol. The Kier molecular flexibility index (Phi) is 11.5. The van der Waals surface area contributed by atoms with Crippen LogP contribution in [0.4, 0.5) is 0 Å². The van der Waals surface area contributed by atoms with E-state index in [4.69, 9.17) is 9.40 Å². The first-order valence-electron chi connectivity index (χ1n) is 18.4. The third-order valence-corrected chi connectivity index (χ3v) is 12.3. The summed E-state index contributed by atoms with van der Waals surface area (Å²) in [5, 5.41) is 3.75. The zero-order valence-electron chi connectivity index (χ0n) is 31.2. The van der Waals surface area contributed by atoms with Gasteiger partial charge in [0.25, 0.3) is 0 Å². The van der Waals surface area contributed by atoms with Crippen molar-refractivity contribution < 1.29 is 24.5 Å². The van der Waals surface area contributed by atoms with Gasteiger partial charge in [0.2, 0.25) is 0 Å². The van der Waals surface area contributed by atoms with Crippen LogP contribution in [0.3, 0.4) is 0 Å². The topological polar surface area (TPSA) is 38.9 Å². The fourth-order valence-corrected chi connectivity index (χ4v) is 8.93. The molecule has 0 aliphatic heterocycles. The molecule has 3 heterocycles. The van der Waals surface area contributed by atoms with Crippen molar-refractivity contribution in [3.05, 3.63) is 139 Å². The van der Waals surface area contributed by atoms with Crippen LogP contribution < -0.4 is 5.19 Å². The molecule has 52 heavy (non-hydrogen) atoms. The molecule has 0 bridgehead atoms. The zero-order valence-corrected chi connectivity index (χ0v) is 34.6. The number of nitrogens with zero attached hydrogens (tertiary/aromatic N) is 2. The van der Waals surface area contributed by atoms with Gasteiger partial charge in [0.05, 0.1) is 13.7 Å². The summed E-state index contributed by atoms with van der Waals surface area (Å²) >= 11 is 0. The summed E-state index contributed by atoms with van der Waals surface area (Å²) in [4.78, 5) is 9.37. The molecule has 1 aliphatic rings. The van der Waals surface area contributed by atoms with Gasteiger partial charge in [-0.05, 0) is 69.2 Å². The summed E-state index contributed by atoms with van der Waals surface area (Å²) in [5.74, 6) is 0.880. The van der Waals surface area contributed by atoms with Crippen molar-refractivity contribution in [2.24, 2.45) is 5.92 Å². The van der Waals surface area contributed by atoms with Gasteiger partial charge < -0.3 is 14.4 Å². The van der Waals surface area contributed by atoms with E-state index in [2.05, 4.69) is 143 Å². The maximum Gasteiger partial charge on any atom is 0.120 e. The minimum absolute atomic E-state index is 0. The molecule has 1 saturated carbocycles. The molecule has 5 heteroatoms. The Morgan fingerprint density at radius 1 is 0.750 bits per heavy atom. The number of rotatable bonds is 6. The van der Waals surface area contributed by atoms with Crippen LogP contribution in [0.25, 0.3) is 55.6 Å². The number of hydrogen-bond acceptors (Lipinski definition) is 3. The molecule has 8 rings (SSSR count). The van der Waals surface area contributed by atoms with Crippen LogP contribution in [0.2, 0.25) is 19.6 Å². The molecule has 4 aromatic carbocycles. The van der Waals surface area contributed by atoms with Gasteiger partial charge in [0.1, 0.15) is 5.58 Å². The van der Waals surface area contributed by atoms with E-state index >= 15 is 0 Å². The Hall–Kier alpha value is -4.15. The fraction of sp³-hybridized carbons (Fsp3) is 0.277. The van der Waals surface area contributed by atoms with Crippen molar-refractivity contribution in [1.29, 1.82) is 0 Å². The van der Waals surface area contributed by atoms with Gasteiger partial charge in [-0.25, -0.2) is 0 Å². The van der Waals surface area contributed by atoms with E-state index in [1.807, 2.05) is 30.5 Å². The minimum atomic E-state index is -1.35. The van der Waals surface area contributed by atoms with E-state index in [0.29, 0.717) is 0 Å². The number of hydrogen-bond donors (Lipinski definition) is 0. The van der Waals surface area contributed by atoms with Crippen molar-refractivity contribution in [3.8, 4) is 33.6 Å². The van der Waals surface area contributed by atoms with E-state index in [-0.39, 0.29) is 25.5 Å². The number of aromatic nitrogens is 2. The third-order valence-electron chi connectivity index (χ3n) is 10.2. The fourth-order valence-electron chi connectivity index (χ4n) is 7.34. The maximum atomic E-state index is 6.28. The first-order chi connectivity index (χ1) is 24.5. The number of benzene rings is 4. The SMILES string of the molecule is CC(C)(C)c1ccnc(-c2[c-]ccc3c2oc2ccc(-c4ccccc4)cc23)c1.C[Si](C)(C)c1cnc(-c2[c-]cccc2)cc1CC1CCCC1.[Ir]. The Balaban J connectivity index is 0.000000182. The predicted octanol–water partition coefficient (Wildman–Crippen LogP) is 12.2. The zero-order chi connectivity index (χ0) is 35.6. The van der Waals surface area contributed by atoms with Gasteiger partial charge in [-0.3, -0.25) is 0 Å². The van der Waals surface area contributed by atoms with E-state index in [9.17, 15) is 0 Å². The molecule has 1 aliphatic carbocycles. The molecule has 7 aromatic rings. The molecular weight excluding hydrogens is 829 g/mol. The summed E-state index contributed by atoms with van der Waals surface area (Å²) in [6, 6.07) is 42.2. The van der Waals surface area contributed by atoms with E-state index in [1.165, 1.54) is 48.8 Å². The van der Waals surface area contributed by atoms with Crippen molar-refractivity contribution in [1.82, 2.24) is 9.97 Å². The smallest absolute Gasteiger partial charge is 0.120 e. The van der Waals surface area contributed by atoms with Crippen LogP contribution in [0.15, 0.2) is 120 Å². The van der Waals surface area contributed by atoms with Crippen molar-refractivity contribution in [2.45, 2.75) is 77.9 Å². The quantitative estimate of drug-likeness (QED) is 0.123. The van der Waals surface area contributed by atoms with Crippen molar-refractivity contribution >= 4 is 35.2 Å². The van der Waals surface area contributed by atoms with Gasteiger partial charge in [-0.1, -0.05) is 131 Å². The van der Waals surface area contributed by atoms with Crippen LogP contribution in [-0.4, -0.2) is 18.0 Å². The maximum absolute atomic E-state index is 6.28. The Bertz CT molecular complexity index is 2260. The molecule has 1 radical (unpaired) electrons. The van der Waals surface area contributed by atoms with Crippen LogP contribution in [0.1, 0.15) is 57.6 Å². The average molecular weight is 877 g/mol. The summed E-state index contributed by atoms with van der Waals surface area (Å²) in [6.07, 6.45) is 10.9. The standard InChI is InChI=1S/C27H22NO.C20H26NSi.Ir/c1-27(2,3)20-14-15-28-24(17-20)22-11-7-10-21-23-16-19(18-8-5-4-6-9-18)12-13-25(23)29-26(21)22;1-22(2,3)20-15-21-19(17-11-5-4-6-12-17)14-18(20)13-16-9-7-8-10-16;/h4-10,12-17H,1-3H3;4-6,11,14-16H,7-10,13H2,1-3H3;/q2*-1;. The second-order valence-electron chi connectivity index (χ2n) is 16.1. The molecule has 1 fully saturated rings. The van der Waals surface area contributed by atoms with E-state index in [0.717, 1.165) is 50.4 Å². The normalized spacial score (nSPS) is 13.5. The molecule has 3 nitrogen and oxygen atoms in total. The van der Waals surface area contributed by atoms with E-state index in [1.54, 1.807) is 10.8 Å². The van der Waals surface area contributed by atoms with Gasteiger partial charge in [-0.2, -0.15) is 0 Å². The van der Waals surface area contributed by atoms with Crippen LogP contribution in [0, 0.1) is 18.1 Å². The molecule has 0 spiro atoms. The Morgan fingerprint density at radius 2 is 1.52 bits per heavy atom. The summed E-state index contributed by atoms with van der Waals surface area (Å²) in [6.45, 7) is 13.9. The Labute approximate surface area is 324 Å². The molecule has 0 atom stereocenters. The molecule has 3 aromatic heterocycles.